The van der Waals surface area contributed by atoms with E-state index in [0.717, 1.165) is 38.1 Å². The molecule has 1 aromatic carbocycles. The van der Waals surface area contributed by atoms with Crippen LogP contribution in [0.1, 0.15) is 36.4 Å². The number of methoxy groups -OCH3 is 1. The van der Waals surface area contributed by atoms with Crippen molar-refractivity contribution < 1.29 is 18.4 Å². The Bertz CT molecular complexity index is 1140. The van der Waals surface area contributed by atoms with E-state index < -0.39 is 0 Å². The maximum absolute atomic E-state index is 13.2. The molecule has 1 amide bonds. The number of piperidine rings is 1. The Labute approximate surface area is 192 Å². The van der Waals surface area contributed by atoms with Crippen LogP contribution >= 0.6 is 0 Å². The number of benzene rings is 1. The predicted octanol–water partition coefficient (Wildman–Crippen LogP) is 4.05. The summed E-state index contributed by atoms with van der Waals surface area (Å²) >= 11 is 0. The molecule has 0 bridgehead atoms. The zero-order valence-electron chi connectivity index (χ0n) is 18.6. The molecule has 8 nitrogen and oxygen atoms in total. The normalized spacial score (nSPS) is 19.0. The number of carbonyl (C=O) groups is 1. The number of nitrogens with zero attached hydrogens (tertiary/aromatic N) is 4. The van der Waals surface area contributed by atoms with Gasteiger partial charge in [-0.25, -0.2) is 0 Å². The van der Waals surface area contributed by atoms with Gasteiger partial charge in [-0.1, -0.05) is 12.1 Å². The van der Waals surface area contributed by atoms with E-state index in [-0.39, 0.29) is 17.5 Å². The fourth-order valence-electron chi connectivity index (χ4n) is 4.80. The maximum Gasteiger partial charge on any atom is 0.266 e. The van der Waals surface area contributed by atoms with Gasteiger partial charge in [0.15, 0.2) is 5.76 Å². The van der Waals surface area contributed by atoms with Crippen LogP contribution in [-0.4, -0.2) is 49.1 Å². The van der Waals surface area contributed by atoms with Crippen LogP contribution in [0.5, 0.6) is 5.75 Å². The highest BCUT2D eigenvalue weighted by molar-refractivity contribution is 5.79. The van der Waals surface area contributed by atoms with E-state index in [0.29, 0.717) is 36.5 Å². The van der Waals surface area contributed by atoms with Crippen molar-refractivity contribution in [1.82, 2.24) is 9.88 Å². The first kappa shape index (κ1) is 21.1. The van der Waals surface area contributed by atoms with Gasteiger partial charge in [0.1, 0.15) is 11.8 Å². The predicted molar refractivity (Wildman–Crippen MR) is 121 cm³/mol. The lowest BCUT2D eigenvalue weighted by molar-refractivity contribution is -0.135. The van der Waals surface area contributed by atoms with Crippen LogP contribution < -0.4 is 9.64 Å². The van der Waals surface area contributed by atoms with Crippen LogP contribution in [0.3, 0.4) is 0 Å². The first-order valence-electron chi connectivity index (χ1n) is 11.3. The second-order valence-electron chi connectivity index (χ2n) is 8.57. The largest absolute Gasteiger partial charge is 0.497 e. The Hall–Kier alpha value is -3.73. The standard InChI is InChI=1S/C25H26N4O4/c1-31-20-6-4-17(5-7-20)19-10-13-29(16-19)24(30)18-8-11-28(12-9-18)25-21(15-26)27-23(33-25)22-3-2-14-32-22/h2-7,14,18-19H,8-13,16H2,1H3. The highest BCUT2D eigenvalue weighted by Crippen LogP contribution is 2.34. The van der Waals surface area contributed by atoms with E-state index in [9.17, 15) is 10.1 Å². The lowest BCUT2D eigenvalue weighted by Crippen LogP contribution is -2.42. The first-order chi connectivity index (χ1) is 16.2. The van der Waals surface area contributed by atoms with Crippen LogP contribution in [0.2, 0.25) is 0 Å². The number of likely N-dealkylation sites (tertiary alicyclic amines) is 1. The van der Waals surface area contributed by atoms with Gasteiger partial charge in [-0.3, -0.25) is 4.79 Å². The number of rotatable bonds is 5. The maximum atomic E-state index is 13.2. The number of aromatic nitrogens is 1. The smallest absolute Gasteiger partial charge is 0.266 e. The Kier molecular flexibility index (Phi) is 5.78. The van der Waals surface area contributed by atoms with Crippen LogP contribution in [0.4, 0.5) is 5.88 Å². The van der Waals surface area contributed by atoms with Crippen LogP contribution in [0.15, 0.2) is 51.5 Å². The number of furan rings is 1. The topological polar surface area (TPSA) is 95.7 Å². The molecule has 1 atom stereocenters. The number of anilines is 1. The van der Waals surface area contributed by atoms with Crippen molar-refractivity contribution in [2.45, 2.75) is 25.2 Å². The van der Waals surface area contributed by atoms with Crippen molar-refractivity contribution in [3.63, 3.8) is 0 Å². The SMILES string of the molecule is COc1ccc(C2CCN(C(=O)C3CCN(c4oc(-c5ccco5)nc4C#N)CC3)C2)cc1. The van der Waals surface area contributed by atoms with Gasteiger partial charge in [-0.05, 0) is 49.1 Å². The summed E-state index contributed by atoms with van der Waals surface area (Å²) in [5.41, 5.74) is 1.50. The molecule has 2 aromatic heterocycles. The molecule has 2 fully saturated rings. The Morgan fingerprint density at radius 3 is 2.61 bits per heavy atom. The quantitative estimate of drug-likeness (QED) is 0.583. The van der Waals surface area contributed by atoms with Gasteiger partial charge in [0, 0.05) is 38.0 Å². The summed E-state index contributed by atoms with van der Waals surface area (Å²) in [4.78, 5) is 21.5. The zero-order valence-corrected chi connectivity index (χ0v) is 18.6. The molecule has 0 aliphatic carbocycles. The minimum atomic E-state index is -0.00568. The van der Waals surface area contributed by atoms with Crippen molar-refractivity contribution in [3.05, 3.63) is 53.9 Å². The molecule has 5 rings (SSSR count). The Balaban J connectivity index is 1.19. The van der Waals surface area contributed by atoms with Gasteiger partial charge in [0.2, 0.25) is 17.5 Å². The van der Waals surface area contributed by atoms with Crippen molar-refractivity contribution in [3.8, 4) is 23.5 Å². The molecular formula is C25H26N4O4. The third kappa shape index (κ3) is 4.19. The zero-order chi connectivity index (χ0) is 22.8. The van der Waals surface area contributed by atoms with E-state index in [1.165, 1.54) is 5.56 Å². The molecule has 170 valence electrons. The molecule has 4 heterocycles. The molecule has 33 heavy (non-hydrogen) atoms. The third-order valence-corrected chi connectivity index (χ3v) is 6.67. The van der Waals surface area contributed by atoms with Crippen molar-refractivity contribution >= 4 is 11.8 Å². The summed E-state index contributed by atoms with van der Waals surface area (Å²) < 4.78 is 16.4. The number of hydrogen-bond acceptors (Lipinski definition) is 7. The van der Waals surface area contributed by atoms with Crippen LogP contribution in [0.25, 0.3) is 11.7 Å². The van der Waals surface area contributed by atoms with Gasteiger partial charge < -0.3 is 23.4 Å². The molecular weight excluding hydrogens is 420 g/mol. The number of carbonyl (C=O) groups excluding carboxylic acids is 1. The summed E-state index contributed by atoms with van der Waals surface area (Å²) in [7, 11) is 1.66. The molecule has 0 N–H and O–H groups in total. The Morgan fingerprint density at radius 2 is 1.94 bits per heavy atom. The number of hydrogen-bond donors (Lipinski definition) is 0. The molecule has 0 spiro atoms. The van der Waals surface area contributed by atoms with E-state index in [4.69, 9.17) is 13.6 Å². The first-order valence-corrected chi connectivity index (χ1v) is 11.3. The summed E-state index contributed by atoms with van der Waals surface area (Å²) in [5, 5.41) is 9.49. The molecule has 0 radical (unpaired) electrons. The van der Waals surface area contributed by atoms with Gasteiger partial charge in [0.05, 0.1) is 13.4 Å². The van der Waals surface area contributed by atoms with Gasteiger partial charge >= 0.3 is 0 Å². The summed E-state index contributed by atoms with van der Waals surface area (Å²) in [6, 6.07) is 13.8. The molecule has 0 saturated carbocycles. The molecule has 2 saturated heterocycles. The molecule has 3 aromatic rings. The van der Waals surface area contributed by atoms with Crippen LogP contribution in [0, 0.1) is 17.2 Å². The number of ether oxygens (including phenoxy) is 1. The molecule has 2 aliphatic heterocycles. The lowest BCUT2D eigenvalue weighted by atomic mass is 9.95. The highest BCUT2D eigenvalue weighted by atomic mass is 16.5. The van der Waals surface area contributed by atoms with Crippen molar-refractivity contribution in [2.24, 2.45) is 5.92 Å². The second kappa shape index (κ2) is 9.02. The fraction of sp³-hybridized carbons (Fsp3) is 0.400. The molecule has 8 heteroatoms. The minimum absolute atomic E-state index is 0.00568. The van der Waals surface area contributed by atoms with E-state index in [2.05, 4.69) is 23.2 Å². The minimum Gasteiger partial charge on any atom is -0.497 e. The molecule has 1 unspecified atom stereocenters. The molecule has 2 aliphatic rings. The lowest BCUT2D eigenvalue weighted by Gasteiger charge is -2.33. The summed E-state index contributed by atoms with van der Waals surface area (Å²) in [6.07, 6.45) is 3.98. The number of oxazole rings is 1. The number of amides is 1. The highest BCUT2D eigenvalue weighted by Gasteiger charge is 2.34. The van der Waals surface area contributed by atoms with Crippen molar-refractivity contribution in [1.29, 1.82) is 5.26 Å². The average Bonchev–Trinajstić information content (AvgIpc) is 3.64. The van der Waals surface area contributed by atoms with E-state index >= 15 is 0 Å². The van der Waals surface area contributed by atoms with Gasteiger partial charge in [-0.15, -0.1) is 0 Å². The second-order valence-corrected chi connectivity index (χ2v) is 8.57. The third-order valence-electron chi connectivity index (χ3n) is 6.67. The Morgan fingerprint density at radius 1 is 1.15 bits per heavy atom. The average molecular weight is 447 g/mol. The van der Waals surface area contributed by atoms with E-state index in [1.54, 1.807) is 25.5 Å². The summed E-state index contributed by atoms with van der Waals surface area (Å²) in [5.74, 6) is 2.69. The van der Waals surface area contributed by atoms with Crippen LogP contribution in [-0.2, 0) is 4.79 Å². The number of nitriles is 1. The van der Waals surface area contributed by atoms with Gasteiger partial charge in [0.25, 0.3) is 5.89 Å². The fourth-order valence-corrected chi connectivity index (χ4v) is 4.80. The van der Waals surface area contributed by atoms with E-state index in [1.807, 2.05) is 21.9 Å². The van der Waals surface area contributed by atoms with Crippen molar-refractivity contribution in [2.75, 3.05) is 38.2 Å². The summed E-state index contributed by atoms with van der Waals surface area (Å²) in [6.45, 7) is 2.85. The monoisotopic (exact) mass is 446 g/mol. The van der Waals surface area contributed by atoms with Gasteiger partial charge in [-0.2, -0.15) is 10.2 Å².